The van der Waals surface area contributed by atoms with E-state index in [0.717, 1.165) is 13.1 Å². The number of rotatable bonds is 5. The van der Waals surface area contributed by atoms with Crippen molar-refractivity contribution in [2.45, 2.75) is 114 Å². The molecule has 0 atom stereocenters. The Morgan fingerprint density at radius 1 is 0.571 bits per heavy atom. The van der Waals surface area contributed by atoms with Crippen molar-refractivity contribution in [3.8, 4) is 0 Å². The lowest BCUT2D eigenvalue weighted by atomic mass is 9.57. The van der Waals surface area contributed by atoms with Gasteiger partial charge in [-0.2, -0.15) is 0 Å². The zero-order valence-corrected chi connectivity index (χ0v) is 20.7. The lowest BCUT2D eigenvalue weighted by Gasteiger charge is -2.66. The fourth-order valence-corrected chi connectivity index (χ4v) is 7.38. The van der Waals surface area contributed by atoms with E-state index in [2.05, 4.69) is 65.2 Å². The molecule has 2 saturated heterocycles. The molecule has 166 valence electrons. The number of halogens is 2. The van der Waals surface area contributed by atoms with Gasteiger partial charge in [-0.3, -0.25) is 9.80 Å². The quantitative estimate of drug-likeness (QED) is 0.632. The highest BCUT2D eigenvalue weighted by Crippen LogP contribution is 2.55. The lowest BCUT2D eigenvalue weighted by molar-refractivity contribution is -0.261. The predicted molar refractivity (Wildman–Crippen MR) is 120 cm³/mol. The van der Waals surface area contributed by atoms with Gasteiger partial charge in [0, 0.05) is 47.0 Å². The minimum Gasteiger partial charge on any atom is -0.387 e. The Labute approximate surface area is 182 Å². The third-order valence-corrected chi connectivity index (χ3v) is 7.64. The number of likely N-dealkylation sites (tertiary alicyclic amines) is 2. The molecule has 2 rings (SSSR count). The van der Waals surface area contributed by atoms with Crippen LogP contribution in [0.25, 0.3) is 0 Å². The van der Waals surface area contributed by atoms with E-state index in [1.165, 1.54) is 0 Å². The van der Waals surface area contributed by atoms with Gasteiger partial charge in [-0.05, 0) is 81.1 Å². The summed E-state index contributed by atoms with van der Waals surface area (Å²) in [6, 6.07) is 0. The Balaban J connectivity index is 2.45. The third kappa shape index (κ3) is 4.24. The zero-order valence-electron chi connectivity index (χ0n) is 19.2. The highest BCUT2D eigenvalue weighted by molar-refractivity contribution is 6.18. The normalized spacial score (nSPS) is 30.9. The minimum atomic E-state index is -1.16. The van der Waals surface area contributed by atoms with Crippen LogP contribution in [0.4, 0.5) is 0 Å². The maximum absolute atomic E-state index is 12.0. The van der Waals surface area contributed by atoms with Crippen LogP contribution in [0.3, 0.4) is 0 Å². The van der Waals surface area contributed by atoms with Crippen molar-refractivity contribution in [2.24, 2.45) is 0 Å². The molecule has 0 amide bonds. The molecule has 0 unspecified atom stereocenters. The molecule has 0 bridgehead atoms. The molecule has 2 heterocycles. The second-order valence-corrected chi connectivity index (χ2v) is 12.5. The molecule has 2 fully saturated rings. The van der Waals surface area contributed by atoms with Crippen LogP contribution in [-0.2, 0) is 0 Å². The molecule has 2 aliphatic rings. The van der Waals surface area contributed by atoms with E-state index < -0.39 is 11.2 Å². The third-order valence-electron chi connectivity index (χ3n) is 7.31. The molecule has 2 N–H and O–H groups in total. The minimum absolute atomic E-state index is 0.261. The fourth-order valence-electron chi connectivity index (χ4n) is 7.05. The Hall–Kier alpha value is 0.420. The first kappa shape index (κ1) is 24.7. The van der Waals surface area contributed by atoms with E-state index in [1.807, 2.05) is 0 Å². The van der Waals surface area contributed by atoms with Crippen molar-refractivity contribution in [2.75, 3.05) is 24.8 Å². The van der Waals surface area contributed by atoms with Crippen LogP contribution >= 0.6 is 23.2 Å². The van der Waals surface area contributed by atoms with Crippen molar-refractivity contribution in [1.29, 1.82) is 0 Å². The molecule has 0 aromatic carbocycles. The summed E-state index contributed by atoms with van der Waals surface area (Å²) in [6.07, 6.45) is 2.11. The van der Waals surface area contributed by atoms with E-state index in [4.69, 9.17) is 23.2 Å². The zero-order chi connectivity index (χ0) is 21.8. The summed E-state index contributed by atoms with van der Waals surface area (Å²) in [5.41, 5.74) is -3.37. The first-order chi connectivity index (χ1) is 12.5. The number of piperidine rings is 2. The fraction of sp³-hybridized carbons (Fsp3) is 1.00. The van der Waals surface area contributed by atoms with Crippen molar-refractivity contribution in [1.82, 2.24) is 9.80 Å². The first-order valence-electron chi connectivity index (χ1n) is 10.6. The van der Waals surface area contributed by atoms with Gasteiger partial charge in [0.1, 0.15) is 0 Å². The topological polar surface area (TPSA) is 46.9 Å². The SMILES string of the molecule is CC1(C)CC(O)(C2(O)CC(C)(C)N(CCCl)C(C)(C)C2)CC(C)(C)N1CCCl. The highest BCUT2D eigenvalue weighted by atomic mass is 35.5. The monoisotopic (exact) mass is 436 g/mol. The molecule has 6 heteroatoms. The van der Waals surface area contributed by atoms with Crippen LogP contribution in [0.15, 0.2) is 0 Å². The van der Waals surface area contributed by atoms with Gasteiger partial charge in [-0.1, -0.05) is 0 Å². The summed E-state index contributed by atoms with van der Waals surface area (Å²) in [4.78, 5) is 4.79. The summed E-state index contributed by atoms with van der Waals surface area (Å²) < 4.78 is 0. The van der Waals surface area contributed by atoms with E-state index in [1.54, 1.807) is 0 Å². The van der Waals surface area contributed by atoms with Gasteiger partial charge >= 0.3 is 0 Å². The smallest absolute Gasteiger partial charge is 0.0969 e. The summed E-state index contributed by atoms with van der Waals surface area (Å²) in [7, 11) is 0. The maximum Gasteiger partial charge on any atom is 0.0969 e. The molecule has 2 aliphatic heterocycles. The van der Waals surface area contributed by atoms with Crippen molar-refractivity contribution < 1.29 is 10.2 Å². The van der Waals surface area contributed by atoms with Gasteiger partial charge in [-0.25, -0.2) is 0 Å². The number of aliphatic hydroxyl groups is 2. The number of hydrogen-bond donors (Lipinski definition) is 2. The van der Waals surface area contributed by atoms with Crippen LogP contribution in [-0.4, -0.2) is 78.2 Å². The lowest BCUT2D eigenvalue weighted by Crippen LogP contribution is -2.76. The molecule has 0 saturated carbocycles. The van der Waals surface area contributed by atoms with Crippen LogP contribution in [0, 0.1) is 0 Å². The number of alkyl halides is 2. The molecule has 0 aromatic rings. The molecule has 4 nitrogen and oxygen atoms in total. The van der Waals surface area contributed by atoms with Gasteiger partial charge in [0.2, 0.25) is 0 Å². The Morgan fingerprint density at radius 3 is 0.964 bits per heavy atom. The van der Waals surface area contributed by atoms with Crippen molar-refractivity contribution in [3.05, 3.63) is 0 Å². The highest BCUT2D eigenvalue weighted by Gasteiger charge is 2.64. The summed E-state index contributed by atoms with van der Waals surface area (Å²) in [6.45, 7) is 18.8. The molecule has 0 aromatic heterocycles. The number of nitrogens with zero attached hydrogens (tertiary/aromatic N) is 2. The second kappa shape index (κ2) is 7.53. The molecular formula is C22H42Cl2N2O2. The van der Waals surface area contributed by atoms with E-state index in [9.17, 15) is 10.2 Å². The standard InChI is InChI=1S/C22H42Cl2N2O2/c1-17(2)13-21(27,14-18(3,4)25(17)11-9-23)22(28)15-19(5,6)26(12-10-24)20(7,8)16-22/h27-28H,9-16H2,1-8H3. The summed E-state index contributed by atoms with van der Waals surface area (Å²) in [5.74, 6) is 1.12. The molecular weight excluding hydrogens is 395 g/mol. The molecule has 28 heavy (non-hydrogen) atoms. The Morgan fingerprint density at radius 2 is 0.786 bits per heavy atom. The average Bonchev–Trinajstić information content (AvgIpc) is 2.44. The Kier molecular flexibility index (Phi) is 6.64. The van der Waals surface area contributed by atoms with Gasteiger partial charge in [0.15, 0.2) is 0 Å². The van der Waals surface area contributed by atoms with Gasteiger partial charge in [0.25, 0.3) is 0 Å². The van der Waals surface area contributed by atoms with E-state index in [0.29, 0.717) is 37.4 Å². The average molecular weight is 437 g/mol. The molecule has 0 aliphatic carbocycles. The molecule has 0 spiro atoms. The van der Waals surface area contributed by atoms with Crippen molar-refractivity contribution in [3.63, 3.8) is 0 Å². The van der Waals surface area contributed by atoms with Gasteiger partial charge in [0.05, 0.1) is 11.2 Å². The van der Waals surface area contributed by atoms with Gasteiger partial charge < -0.3 is 10.2 Å². The number of hydrogen-bond acceptors (Lipinski definition) is 4. The summed E-state index contributed by atoms with van der Waals surface area (Å²) >= 11 is 12.2. The van der Waals surface area contributed by atoms with Gasteiger partial charge in [-0.15, -0.1) is 23.2 Å². The largest absolute Gasteiger partial charge is 0.387 e. The maximum atomic E-state index is 12.0. The second-order valence-electron chi connectivity index (χ2n) is 11.7. The van der Waals surface area contributed by atoms with Crippen LogP contribution < -0.4 is 0 Å². The van der Waals surface area contributed by atoms with E-state index in [-0.39, 0.29) is 22.2 Å². The van der Waals surface area contributed by atoms with Crippen molar-refractivity contribution >= 4 is 23.2 Å². The molecule has 0 radical (unpaired) electrons. The predicted octanol–water partition coefficient (Wildman–Crippen LogP) is 4.23. The Bertz CT molecular complexity index is 489. The first-order valence-corrected chi connectivity index (χ1v) is 11.7. The van der Waals surface area contributed by atoms with Crippen LogP contribution in [0.5, 0.6) is 0 Å². The van der Waals surface area contributed by atoms with Crippen LogP contribution in [0.1, 0.15) is 81.1 Å². The summed E-state index contributed by atoms with van der Waals surface area (Å²) in [5, 5.41) is 24.1. The van der Waals surface area contributed by atoms with E-state index >= 15 is 0 Å². The van der Waals surface area contributed by atoms with Crippen LogP contribution in [0.2, 0.25) is 0 Å².